The number of carbonyl (C=O) groups is 3. The molecule has 36 heavy (non-hydrogen) atoms. The lowest BCUT2D eigenvalue weighted by atomic mass is 9.93. The van der Waals surface area contributed by atoms with Gasteiger partial charge in [0.05, 0.1) is 12.9 Å². The monoisotopic (exact) mass is 489 g/mol. The van der Waals surface area contributed by atoms with Crippen molar-refractivity contribution in [2.24, 2.45) is 0 Å². The molecule has 5 rings (SSSR count). The number of aryl methyl sites for hydroxylation is 1. The van der Waals surface area contributed by atoms with Crippen LogP contribution in [0.3, 0.4) is 0 Å². The fraction of sp³-hybridized carbons (Fsp3) is 0.333. The van der Waals surface area contributed by atoms with Crippen LogP contribution in [-0.4, -0.2) is 43.8 Å². The van der Waals surface area contributed by atoms with Crippen molar-refractivity contribution in [2.45, 2.75) is 58.3 Å². The molecule has 0 saturated heterocycles. The van der Waals surface area contributed by atoms with Gasteiger partial charge in [-0.05, 0) is 68.5 Å². The van der Waals surface area contributed by atoms with Crippen LogP contribution in [0.15, 0.2) is 48.8 Å². The second-order valence-electron chi connectivity index (χ2n) is 9.76. The molecular formula is C27H28FN5O3. The molecule has 2 N–H and O–H groups in total. The first-order valence-electron chi connectivity index (χ1n) is 12.0. The molecule has 9 heteroatoms. The van der Waals surface area contributed by atoms with E-state index in [0.717, 1.165) is 29.5 Å². The molecule has 2 aliphatic rings. The number of imidazole rings is 1. The van der Waals surface area contributed by atoms with Crippen LogP contribution in [-0.2, 0) is 17.9 Å². The summed E-state index contributed by atoms with van der Waals surface area (Å²) in [5, 5.41) is 5.78. The molecule has 0 bridgehead atoms. The van der Waals surface area contributed by atoms with E-state index in [4.69, 9.17) is 0 Å². The maximum absolute atomic E-state index is 13.8. The molecule has 3 amide bonds. The van der Waals surface area contributed by atoms with Crippen molar-refractivity contribution in [2.75, 3.05) is 5.32 Å². The maximum Gasteiger partial charge on any atom is 0.276 e. The van der Waals surface area contributed by atoms with Gasteiger partial charge in [-0.15, -0.1) is 0 Å². The number of carbonyl (C=O) groups excluding carboxylic acids is 3. The quantitative estimate of drug-likeness (QED) is 0.553. The number of nitrogens with one attached hydrogen (secondary N) is 2. The number of halogens is 1. The lowest BCUT2D eigenvalue weighted by Crippen LogP contribution is -2.64. The van der Waals surface area contributed by atoms with Gasteiger partial charge in [0.15, 0.2) is 5.69 Å². The van der Waals surface area contributed by atoms with Crippen LogP contribution in [0.5, 0.6) is 0 Å². The van der Waals surface area contributed by atoms with Crippen molar-refractivity contribution in [3.05, 3.63) is 82.7 Å². The lowest BCUT2D eigenvalue weighted by Gasteiger charge is -2.44. The van der Waals surface area contributed by atoms with Gasteiger partial charge in [-0.25, -0.2) is 9.37 Å². The van der Waals surface area contributed by atoms with Crippen LogP contribution in [0.25, 0.3) is 0 Å². The van der Waals surface area contributed by atoms with Gasteiger partial charge in [0, 0.05) is 18.3 Å². The number of nitrogens with zero attached hydrogens (tertiary/aromatic N) is 3. The minimum absolute atomic E-state index is 0.0420. The zero-order valence-corrected chi connectivity index (χ0v) is 20.5. The molecule has 3 aromatic rings. The predicted octanol–water partition coefficient (Wildman–Crippen LogP) is 3.58. The molecule has 1 atom stereocenters. The lowest BCUT2D eigenvalue weighted by molar-refractivity contribution is -0.133. The van der Waals surface area contributed by atoms with Gasteiger partial charge in [0.1, 0.15) is 17.1 Å². The van der Waals surface area contributed by atoms with Gasteiger partial charge in [0.2, 0.25) is 5.91 Å². The summed E-state index contributed by atoms with van der Waals surface area (Å²) >= 11 is 0. The standard InChI is InChI=1S/C27H28FN5O3/c1-16-5-4-6-21(17(16)2)31-24(34)22-23-25(35)33(20-11-12-20)27(3,14-32(23)15-30-22)26(36)29-13-18-7-9-19(28)10-8-18/h4-10,15,20H,11-14H2,1-3H3,(H,29,36)(H,31,34)/t27-/m1/s1. The van der Waals surface area contributed by atoms with E-state index in [1.807, 2.05) is 32.0 Å². The molecule has 0 unspecified atom stereocenters. The molecule has 186 valence electrons. The molecule has 0 radical (unpaired) electrons. The van der Waals surface area contributed by atoms with Crippen molar-refractivity contribution in [1.82, 2.24) is 19.8 Å². The van der Waals surface area contributed by atoms with E-state index in [0.29, 0.717) is 5.69 Å². The largest absolute Gasteiger partial charge is 0.350 e. The van der Waals surface area contributed by atoms with E-state index in [-0.39, 0.29) is 48.2 Å². The van der Waals surface area contributed by atoms with E-state index in [9.17, 15) is 18.8 Å². The maximum atomic E-state index is 13.8. The van der Waals surface area contributed by atoms with E-state index in [1.54, 1.807) is 28.5 Å². The Morgan fingerprint density at radius 2 is 1.86 bits per heavy atom. The van der Waals surface area contributed by atoms with Crippen LogP contribution >= 0.6 is 0 Å². The van der Waals surface area contributed by atoms with Crippen molar-refractivity contribution >= 4 is 23.4 Å². The van der Waals surface area contributed by atoms with Gasteiger partial charge >= 0.3 is 0 Å². The fourth-order valence-corrected chi connectivity index (χ4v) is 4.76. The highest BCUT2D eigenvalue weighted by molar-refractivity contribution is 6.12. The molecule has 1 saturated carbocycles. The fourth-order valence-electron chi connectivity index (χ4n) is 4.76. The zero-order valence-electron chi connectivity index (χ0n) is 20.5. The van der Waals surface area contributed by atoms with Gasteiger partial charge in [-0.2, -0.15) is 0 Å². The highest BCUT2D eigenvalue weighted by Gasteiger charge is 2.53. The molecule has 2 heterocycles. The highest BCUT2D eigenvalue weighted by atomic mass is 19.1. The Morgan fingerprint density at radius 1 is 1.14 bits per heavy atom. The molecule has 0 spiro atoms. The van der Waals surface area contributed by atoms with Gasteiger partial charge in [0.25, 0.3) is 11.8 Å². The number of hydrogen-bond donors (Lipinski definition) is 2. The minimum atomic E-state index is -1.16. The molecule has 8 nitrogen and oxygen atoms in total. The Labute approximate surface area is 208 Å². The first kappa shape index (κ1) is 23.7. The SMILES string of the molecule is Cc1cccc(NC(=O)c2ncn3c2C(=O)N(C2CC2)[C@@](C)(C(=O)NCc2ccc(F)cc2)C3)c1C. The van der Waals surface area contributed by atoms with E-state index in [2.05, 4.69) is 15.6 Å². The van der Waals surface area contributed by atoms with E-state index < -0.39 is 11.4 Å². The normalized spacial score (nSPS) is 19.1. The van der Waals surface area contributed by atoms with Gasteiger partial charge in [-0.1, -0.05) is 24.3 Å². The topological polar surface area (TPSA) is 96.3 Å². The summed E-state index contributed by atoms with van der Waals surface area (Å²) in [6.45, 7) is 6.00. The first-order chi connectivity index (χ1) is 17.2. The third-order valence-electron chi connectivity index (χ3n) is 7.10. The second-order valence-corrected chi connectivity index (χ2v) is 9.76. The van der Waals surface area contributed by atoms with E-state index in [1.165, 1.54) is 18.5 Å². The van der Waals surface area contributed by atoms with Crippen LogP contribution < -0.4 is 10.6 Å². The average molecular weight is 490 g/mol. The third-order valence-corrected chi connectivity index (χ3v) is 7.10. The second kappa shape index (κ2) is 8.89. The molecular weight excluding hydrogens is 461 g/mol. The number of rotatable bonds is 6. The summed E-state index contributed by atoms with van der Waals surface area (Å²) in [6.07, 6.45) is 3.04. The number of anilines is 1. The number of amides is 3. The summed E-state index contributed by atoms with van der Waals surface area (Å²) in [7, 11) is 0. The zero-order chi connectivity index (χ0) is 25.6. The number of aromatic nitrogens is 2. The molecule has 1 aliphatic carbocycles. The molecule has 1 fully saturated rings. The number of hydrogen-bond acceptors (Lipinski definition) is 4. The summed E-state index contributed by atoms with van der Waals surface area (Å²) in [4.78, 5) is 46.2. The Morgan fingerprint density at radius 3 is 2.56 bits per heavy atom. The first-order valence-corrected chi connectivity index (χ1v) is 12.0. The summed E-state index contributed by atoms with van der Waals surface area (Å²) < 4.78 is 14.8. The van der Waals surface area contributed by atoms with Crippen LogP contribution in [0, 0.1) is 19.7 Å². The Kier molecular flexibility index (Phi) is 5.86. The smallest absolute Gasteiger partial charge is 0.276 e. The average Bonchev–Trinajstić information content (AvgIpc) is 3.59. The minimum Gasteiger partial charge on any atom is -0.350 e. The summed E-state index contributed by atoms with van der Waals surface area (Å²) in [5.41, 5.74) is 2.46. The number of benzene rings is 2. The predicted molar refractivity (Wildman–Crippen MR) is 132 cm³/mol. The Hall–Kier alpha value is -4.01. The Bertz CT molecular complexity index is 1360. The van der Waals surface area contributed by atoms with Crippen LogP contribution in [0.1, 0.15) is 57.4 Å². The van der Waals surface area contributed by atoms with Crippen LogP contribution in [0.2, 0.25) is 0 Å². The van der Waals surface area contributed by atoms with Gasteiger partial charge < -0.3 is 20.1 Å². The van der Waals surface area contributed by atoms with Crippen molar-refractivity contribution in [3.63, 3.8) is 0 Å². The number of fused-ring (bicyclic) bond motifs is 1. The molecule has 2 aromatic carbocycles. The third kappa shape index (κ3) is 4.14. The van der Waals surface area contributed by atoms with Crippen molar-refractivity contribution in [1.29, 1.82) is 0 Å². The van der Waals surface area contributed by atoms with Crippen molar-refractivity contribution in [3.8, 4) is 0 Å². The summed E-state index contributed by atoms with van der Waals surface area (Å²) in [5.74, 6) is -1.51. The molecule has 1 aromatic heterocycles. The highest BCUT2D eigenvalue weighted by Crippen LogP contribution is 2.39. The van der Waals surface area contributed by atoms with Gasteiger partial charge in [-0.3, -0.25) is 14.4 Å². The molecule has 1 aliphatic heterocycles. The van der Waals surface area contributed by atoms with E-state index >= 15 is 0 Å². The van der Waals surface area contributed by atoms with Crippen molar-refractivity contribution < 1.29 is 18.8 Å². The summed E-state index contributed by atoms with van der Waals surface area (Å²) in [6, 6.07) is 11.5. The van der Waals surface area contributed by atoms with Crippen LogP contribution in [0.4, 0.5) is 10.1 Å². The Balaban J connectivity index is 1.41.